The Bertz CT molecular complexity index is 505. The highest BCUT2D eigenvalue weighted by atomic mass is 32.1. The van der Waals surface area contributed by atoms with Crippen LogP contribution < -0.4 is 5.32 Å². The first kappa shape index (κ1) is 12.7. The fourth-order valence-corrected chi connectivity index (χ4v) is 3.49. The van der Waals surface area contributed by atoms with Gasteiger partial charge < -0.3 is 10.1 Å². The molecule has 0 spiro atoms. The second-order valence-corrected chi connectivity index (χ2v) is 6.14. The van der Waals surface area contributed by atoms with Crippen molar-refractivity contribution in [2.75, 3.05) is 6.61 Å². The number of fused-ring (bicyclic) bond motifs is 1. The van der Waals surface area contributed by atoms with Crippen molar-refractivity contribution in [2.45, 2.75) is 44.6 Å². The van der Waals surface area contributed by atoms with Crippen LogP contribution in [0.1, 0.15) is 46.5 Å². The van der Waals surface area contributed by atoms with Crippen molar-refractivity contribution >= 4 is 23.2 Å². The van der Waals surface area contributed by atoms with Crippen molar-refractivity contribution in [3.8, 4) is 0 Å². The van der Waals surface area contributed by atoms with E-state index in [-0.39, 0.29) is 18.5 Å². The van der Waals surface area contributed by atoms with Gasteiger partial charge in [-0.05, 0) is 44.1 Å². The quantitative estimate of drug-likeness (QED) is 0.858. The number of amides is 1. The van der Waals surface area contributed by atoms with Crippen LogP contribution in [0, 0.1) is 0 Å². The molecule has 0 aliphatic heterocycles. The molecule has 0 atom stereocenters. The molecule has 102 valence electrons. The van der Waals surface area contributed by atoms with E-state index in [1.54, 1.807) is 11.3 Å². The Morgan fingerprint density at radius 1 is 1.32 bits per heavy atom. The number of thiophene rings is 1. The molecule has 5 heteroatoms. The molecule has 2 aliphatic carbocycles. The summed E-state index contributed by atoms with van der Waals surface area (Å²) in [5.74, 6) is -0.551. The van der Waals surface area contributed by atoms with Crippen LogP contribution in [0.25, 0.3) is 0 Å². The third-order valence-corrected chi connectivity index (χ3v) is 4.65. The zero-order chi connectivity index (χ0) is 13.2. The van der Waals surface area contributed by atoms with Gasteiger partial charge in [0.2, 0.25) is 0 Å². The Morgan fingerprint density at radius 3 is 2.89 bits per heavy atom. The van der Waals surface area contributed by atoms with E-state index in [2.05, 4.69) is 5.32 Å². The highest BCUT2D eigenvalue weighted by molar-refractivity contribution is 7.10. The number of carbonyl (C=O) groups excluding carboxylic acids is 2. The number of ether oxygens (including phenoxy) is 1. The molecule has 0 unspecified atom stereocenters. The minimum absolute atomic E-state index is 0.167. The summed E-state index contributed by atoms with van der Waals surface area (Å²) in [6, 6.07) is 0.306. The van der Waals surface area contributed by atoms with Gasteiger partial charge in [-0.25, -0.2) is 4.79 Å². The van der Waals surface area contributed by atoms with Crippen LogP contribution in [-0.2, 0) is 22.4 Å². The third kappa shape index (κ3) is 2.97. The minimum atomic E-state index is -0.356. The van der Waals surface area contributed by atoms with Crippen LogP contribution >= 0.6 is 11.3 Å². The lowest BCUT2D eigenvalue weighted by atomic mass is 9.96. The number of hydrogen-bond donors (Lipinski definition) is 1. The first-order valence-corrected chi connectivity index (χ1v) is 7.68. The van der Waals surface area contributed by atoms with Gasteiger partial charge in [-0.2, -0.15) is 0 Å². The van der Waals surface area contributed by atoms with Gasteiger partial charge in [0.15, 0.2) is 6.61 Å². The van der Waals surface area contributed by atoms with Gasteiger partial charge in [0, 0.05) is 16.3 Å². The molecule has 4 nitrogen and oxygen atoms in total. The summed E-state index contributed by atoms with van der Waals surface area (Å²) in [7, 11) is 0. The van der Waals surface area contributed by atoms with Crippen LogP contribution in [0.3, 0.4) is 0 Å². The Balaban J connectivity index is 1.57. The molecule has 3 rings (SSSR count). The van der Waals surface area contributed by atoms with Crippen molar-refractivity contribution in [3.63, 3.8) is 0 Å². The summed E-state index contributed by atoms with van der Waals surface area (Å²) in [6.45, 7) is -0.167. The van der Waals surface area contributed by atoms with Gasteiger partial charge >= 0.3 is 5.97 Å². The van der Waals surface area contributed by atoms with E-state index in [0.29, 0.717) is 11.6 Å². The summed E-state index contributed by atoms with van der Waals surface area (Å²) in [4.78, 5) is 24.8. The largest absolute Gasteiger partial charge is 0.452 e. The molecule has 0 saturated heterocycles. The topological polar surface area (TPSA) is 55.4 Å². The highest BCUT2D eigenvalue weighted by Gasteiger charge is 2.25. The minimum Gasteiger partial charge on any atom is -0.452 e. The fourth-order valence-electron chi connectivity index (χ4n) is 2.37. The predicted octanol–water partition coefficient (Wildman–Crippen LogP) is 2.06. The van der Waals surface area contributed by atoms with E-state index in [9.17, 15) is 9.59 Å². The highest BCUT2D eigenvalue weighted by Crippen LogP contribution is 2.30. The van der Waals surface area contributed by atoms with E-state index in [1.165, 1.54) is 11.3 Å². The van der Waals surface area contributed by atoms with Crippen LogP contribution in [0.4, 0.5) is 0 Å². The van der Waals surface area contributed by atoms with Gasteiger partial charge in [0.1, 0.15) is 0 Å². The normalized spacial score (nSPS) is 17.7. The molecule has 1 aromatic heterocycles. The molecule has 19 heavy (non-hydrogen) atoms. The number of esters is 1. The van der Waals surface area contributed by atoms with Crippen molar-refractivity contribution in [2.24, 2.45) is 0 Å². The maximum absolute atomic E-state index is 12.0. The molecule has 1 heterocycles. The lowest BCUT2D eigenvalue weighted by molar-refractivity contribution is -0.124. The van der Waals surface area contributed by atoms with Crippen LogP contribution in [0.5, 0.6) is 0 Å². The van der Waals surface area contributed by atoms with Crippen molar-refractivity contribution in [1.29, 1.82) is 0 Å². The van der Waals surface area contributed by atoms with Crippen LogP contribution in [-0.4, -0.2) is 24.5 Å². The smallest absolute Gasteiger partial charge is 0.339 e. The molecule has 2 aliphatic rings. The molecular weight excluding hydrogens is 262 g/mol. The van der Waals surface area contributed by atoms with E-state index in [1.807, 2.05) is 5.38 Å². The summed E-state index contributed by atoms with van der Waals surface area (Å²) >= 11 is 1.63. The molecule has 0 radical (unpaired) electrons. The number of rotatable bonds is 4. The molecule has 1 fully saturated rings. The fraction of sp³-hybridized carbons (Fsp3) is 0.571. The number of carbonyl (C=O) groups is 2. The molecule has 1 amide bonds. The third-order valence-electron chi connectivity index (χ3n) is 3.56. The summed E-state index contributed by atoms with van der Waals surface area (Å²) in [5.41, 5.74) is 1.81. The van der Waals surface area contributed by atoms with Crippen molar-refractivity contribution in [1.82, 2.24) is 5.32 Å². The van der Waals surface area contributed by atoms with Crippen molar-refractivity contribution < 1.29 is 14.3 Å². The zero-order valence-corrected chi connectivity index (χ0v) is 11.6. The van der Waals surface area contributed by atoms with E-state index < -0.39 is 0 Å². The van der Waals surface area contributed by atoms with Gasteiger partial charge in [0.05, 0.1) is 5.56 Å². The average molecular weight is 279 g/mol. The van der Waals surface area contributed by atoms with Crippen LogP contribution in [0.2, 0.25) is 0 Å². The van der Waals surface area contributed by atoms with Crippen LogP contribution in [0.15, 0.2) is 5.38 Å². The number of hydrogen-bond acceptors (Lipinski definition) is 4. The predicted molar refractivity (Wildman–Crippen MR) is 72.4 cm³/mol. The SMILES string of the molecule is O=C(COC(=O)c1csc2c1CCCC2)NC1CC1. The molecule has 0 bridgehead atoms. The summed E-state index contributed by atoms with van der Waals surface area (Å²) in [5, 5.41) is 4.68. The Morgan fingerprint density at radius 2 is 2.11 bits per heavy atom. The lowest BCUT2D eigenvalue weighted by Crippen LogP contribution is -2.30. The molecule has 0 aromatic carbocycles. The summed E-state index contributed by atoms with van der Waals surface area (Å²) < 4.78 is 5.10. The summed E-state index contributed by atoms with van der Waals surface area (Å²) in [6.07, 6.45) is 6.43. The second kappa shape index (κ2) is 5.33. The number of nitrogens with one attached hydrogen (secondary N) is 1. The van der Waals surface area contributed by atoms with E-state index in [0.717, 1.165) is 37.7 Å². The number of aryl methyl sites for hydroxylation is 1. The monoisotopic (exact) mass is 279 g/mol. The molecule has 1 aromatic rings. The maximum atomic E-state index is 12.0. The first-order valence-electron chi connectivity index (χ1n) is 6.80. The standard InChI is InChI=1S/C14H17NO3S/c16-13(15-9-5-6-9)7-18-14(17)11-8-19-12-4-2-1-3-10(11)12/h8-9H,1-7H2,(H,15,16). The van der Waals surface area contributed by atoms with E-state index in [4.69, 9.17) is 4.74 Å². The van der Waals surface area contributed by atoms with Gasteiger partial charge in [-0.15, -0.1) is 11.3 Å². The van der Waals surface area contributed by atoms with E-state index >= 15 is 0 Å². The van der Waals surface area contributed by atoms with Crippen molar-refractivity contribution in [3.05, 3.63) is 21.4 Å². The first-order chi connectivity index (χ1) is 9.24. The zero-order valence-electron chi connectivity index (χ0n) is 10.7. The average Bonchev–Trinajstić information content (AvgIpc) is 3.12. The molecule has 1 N–H and O–H groups in total. The Hall–Kier alpha value is -1.36. The Kier molecular flexibility index (Phi) is 3.55. The van der Waals surface area contributed by atoms with Gasteiger partial charge in [-0.1, -0.05) is 0 Å². The van der Waals surface area contributed by atoms with Gasteiger partial charge in [0.25, 0.3) is 5.91 Å². The molecular formula is C14H17NO3S. The molecule has 1 saturated carbocycles. The second-order valence-electron chi connectivity index (χ2n) is 5.18. The maximum Gasteiger partial charge on any atom is 0.339 e. The Labute approximate surface area is 116 Å². The lowest BCUT2D eigenvalue weighted by Gasteiger charge is -2.12. The van der Waals surface area contributed by atoms with Gasteiger partial charge in [-0.3, -0.25) is 4.79 Å².